The molecule has 14 heavy (non-hydrogen) atoms. The van der Waals surface area contributed by atoms with Gasteiger partial charge in [0.2, 0.25) is 0 Å². The number of hydrogen-bond donors (Lipinski definition) is 0. The molecule has 0 spiro atoms. The summed E-state index contributed by atoms with van der Waals surface area (Å²) in [5.74, 6) is 0. The summed E-state index contributed by atoms with van der Waals surface area (Å²) in [5.41, 5.74) is 0. The van der Waals surface area contributed by atoms with Crippen molar-refractivity contribution in [2.75, 3.05) is 13.2 Å². The Labute approximate surface area is 89.2 Å². The Hall–Kier alpha value is -0.0400. The molecule has 1 fully saturated rings. The van der Waals surface area contributed by atoms with Gasteiger partial charge in [-0.25, -0.2) is 0 Å². The van der Waals surface area contributed by atoms with Crippen molar-refractivity contribution in [1.29, 1.82) is 0 Å². The molecule has 1 nitrogen and oxygen atoms in total. The molecule has 0 aromatic carbocycles. The Morgan fingerprint density at radius 2 is 1.29 bits per heavy atom. The van der Waals surface area contributed by atoms with Crippen LogP contribution in [0.15, 0.2) is 0 Å². The number of rotatable bonds is 0. The molecule has 0 aliphatic carbocycles. The minimum absolute atomic E-state index is 0.865. The third kappa shape index (κ3) is 7.37. The molecular formula is C13H24O. The van der Waals surface area contributed by atoms with E-state index < -0.39 is 0 Å². The number of hydrogen-bond acceptors (Lipinski definition) is 1. The Kier molecular flexibility index (Phi) is 8.18. The first-order chi connectivity index (χ1) is 7.00. The second kappa shape index (κ2) is 9.51. The summed E-state index contributed by atoms with van der Waals surface area (Å²) in [6.45, 7) is 1.81. The maximum Gasteiger partial charge on any atom is 0.0497 e. The van der Waals surface area contributed by atoms with Crippen LogP contribution in [0.1, 0.15) is 57.8 Å². The van der Waals surface area contributed by atoms with Crippen molar-refractivity contribution < 1.29 is 4.74 Å². The van der Waals surface area contributed by atoms with E-state index in [1.165, 1.54) is 57.8 Å². The summed E-state index contributed by atoms with van der Waals surface area (Å²) in [7, 11) is 0. The Bertz CT molecular complexity index is 58.5. The van der Waals surface area contributed by atoms with Crippen molar-refractivity contribution in [2.24, 2.45) is 0 Å². The summed E-state index contributed by atoms with van der Waals surface area (Å²) in [6.07, 6.45) is 16.7. The van der Waals surface area contributed by atoms with Gasteiger partial charge in [-0.2, -0.15) is 0 Å². The number of ether oxygens (including phenoxy) is 1. The van der Waals surface area contributed by atoms with Gasteiger partial charge in [-0.3, -0.25) is 0 Å². The zero-order valence-electron chi connectivity index (χ0n) is 9.34. The summed E-state index contributed by atoms with van der Waals surface area (Å²) in [6, 6.07) is 0. The average Bonchev–Trinajstić information content (AvgIpc) is 2.22. The van der Waals surface area contributed by atoms with Crippen LogP contribution in [-0.4, -0.2) is 13.2 Å². The lowest BCUT2D eigenvalue weighted by atomic mass is 10.1. The molecule has 0 aromatic heterocycles. The van der Waals surface area contributed by atoms with Crippen LogP contribution in [0.4, 0.5) is 0 Å². The molecule has 0 saturated carbocycles. The van der Waals surface area contributed by atoms with Crippen LogP contribution in [0.2, 0.25) is 0 Å². The fourth-order valence-corrected chi connectivity index (χ4v) is 1.82. The van der Waals surface area contributed by atoms with Gasteiger partial charge in [0, 0.05) is 13.2 Å². The smallest absolute Gasteiger partial charge is 0.0497 e. The van der Waals surface area contributed by atoms with E-state index in [2.05, 4.69) is 12.8 Å². The van der Waals surface area contributed by atoms with Crippen molar-refractivity contribution >= 4 is 0 Å². The van der Waals surface area contributed by atoms with Crippen molar-refractivity contribution in [1.82, 2.24) is 0 Å². The molecule has 0 N–H and O–H groups in total. The van der Waals surface area contributed by atoms with Gasteiger partial charge in [0.1, 0.15) is 0 Å². The van der Waals surface area contributed by atoms with E-state index in [9.17, 15) is 0 Å². The molecular weight excluding hydrogens is 172 g/mol. The van der Waals surface area contributed by atoms with E-state index in [1.807, 2.05) is 0 Å². The lowest BCUT2D eigenvalue weighted by molar-refractivity contribution is 0.147. The Balaban J connectivity index is 2.00. The van der Waals surface area contributed by atoms with E-state index in [1.54, 1.807) is 0 Å². The first-order valence-electron chi connectivity index (χ1n) is 6.21. The van der Waals surface area contributed by atoms with Crippen molar-refractivity contribution in [3.8, 4) is 0 Å². The van der Waals surface area contributed by atoms with E-state index >= 15 is 0 Å². The average molecular weight is 196 g/mol. The SMILES string of the molecule is [CH]1CCCCCC[CH]COCCCC1. The first-order valence-corrected chi connectivity index (χ1v) is 6.21. The third-order valence-electron chi connectivity index (χ3n) is 2.75. The molecule has 1 aliphatic rings. The zero-order chi connectivity index (χ0) is 9.90. The van der Waals surface area contributed by atoms with E-state index in [0.29, 0.717) is 0 Å². The topological polar surface area (TPSA) is 9.23 Å². The fourth-order valence-electron chi connectivity index (χ4n) is 1.82. The quantitative estimate of drug-likeness (QED) is 0.570. The molecule has 1 saturated heterocycles. The zero-order valence-corrected chi connectivity index (χ0v) is 9.34. The lowest BCUT2D eigenvalue weighted by Gasteiger charge is -2.06. The van der Waals surface area contributed by atoms with Gasteiger partial charge in [0.05, 0.1) is 0 Å². The van der Waals surface area contributed by atoms with Gasteiger partial charge in [0.25, 0.3) is 0 Å². The molecule has 1 aliphatic heterocycles. The van der Waals surface area contributed by atoms with Gasteiger partial charge in [-0.05, 0) is 25.7 Å². The summed E-state index contributed by atoms with van der Waals surface area (Å²) >= 11 is 0. The van der Waals surface area contributed by atoms with Crippen LogP contribution < -0.4 is 0 Å². The summed E-state index contributed by atoms with van der Waals surface area (Å²) in [5, 5.41) is 0. The molecule has 1 heteroatoms. The Morgan fingerprint density at radius 1 is 0.643 bits per heavy atom. The van der Waals surface area contributed by atoms with Crippen molar-refractivity contribution in [3.63, 3.8) is 0 Å². The highest BCUT2D eigenvalue weighted by molar-refractivity contribution is 4.67. The van der Waals surface area contributed by atoms with E-state index in [-0.39, 0.29) is 0 Å². The fraction of sp³-hybridized carbons (Fsp3) is 0.846. The molecule has 0 aromatic rings. The highest BCUT2D eigenvalue weighted by Crippen LogP contribution is 2.11. The van der Waals surface area contributed by atoms with Gasteiger partial charge in [-0.15, -0.1) is 0 Å². The molecule has 1 heterocycles. The van der Waals surface area contributed by atoms with Gasteiger partial charge < -0.3 is 4.74 Å². The molecule has 0 bridgehead atoms. The lowest BCUT2D eigenvalue weighted by Crippen LogP contribution is -1.98. The van der Waals surface area contributed by atoms with Crippen molar-refractivity contribution in [3.05, 3.63) is 12.8 Å². The minimum atomic E-state index is 0.865. The van der Waals surface area contributed by atoms with Crippen LogP contribution in [0.25, 0.3) is 0 Å². The molecule has 82 valence electrons. The molecule has 1 rings (SSSR count). The largest absolute Gasteiger partial charge is 0.381 e. The standard InChI is InChI=1S/C13H24O/c1-2-4-6-8-10-12-14-13-11-9-7-5-3-1/h4,11H,1-3,5-10,12-13H2. The molecule has 0 atom stereocenters. The van der Waals surface area contributed by atoms with Crippen molar-refractivity contribution in [2.45, 2.75) is 57.8 Å². The molecule has 0 amide bonds. The predicted octanol–water partition coefficient (Wildman–Crippen LogP) is 3.94. The summed E-state index contributed by atoms with van der Waals surface area (Å²) in [4.78, 5) is 0. The monoisotopic (exact) mass is 196 g/mol. The maximum atomic E-state index is 5.51. The van der Waals surface area contributed by atoms with Gasteiger partial charge >= 0.3 is 0 Å². The highest BCUT2D eigenvalue weighted by Gasteiger charge is 1.96. The van der Waals surface area contributed by atoms with Crippen LogP contribution in [-0.2, 0) is 4.74 Å². The second-order valence-electron chi connectivity index (χ2n) is 4.14. The first kappa shape index (κ1) is 12.0. The molecule has 0 unspecified atom stereocenters. The van der Waals surface area contributed by atoms with E-state index in [0.717, 1.165) is 13.2 Å². The van der Waals surface area contributed by atoms with E-state index in [4.69, 9.17) is 4.74 Å². The Morgan fingerprint density at radius 3 is 2.07 bits per heavy atom. The molecule has 2 radical (unpaired) electrons. The van der Waals surface area contributed by atoms with Crippen LogP contribution >= 0.6 is 0 Å². The van der Waals surface area contributed by atoms with Crippen LogP contribution in [0.5, 0.6) is 0 Å². The minimum Gasteiger partial charge on any atom is -0.381 e. The predicted molar refractivity (Wildman–Crippen MR) is 61.0 cm³/mol. The maximum absolute atomic E-state index is 5.51. The normalized spacial score (nSPS) is 24.0. The third-order valence-corrected chi connectivity index (χ3v) is 2.75. The van der Waals surface area contributed by atoms with Gasteiger partial charge in [-0.1, -0.05) is 44.9 Å². The summed E-state index contributed by atoms with van der Waals surface area (Å²) < 4.78 is 5.51. The van der Waals surface area contributed by atoms with Crippen LogP contribution in [0, 0.1) is 12.8 Å². The highest BCUT2D eigenvalue weighted by atomic mass is 16.5. The van der Waals surface area contributed by atoms with Crippen LogP contribution in [0.3, 0.4) is 0 Å². The second-order valence-corrected chi connectivity index (χ2v) is 4.14. The van der Waals surface area contributed by atoms with Gasteiger partial charge in [0.15, 0.2) is 0 Å².